The molecule has 0 radical (unpaired) electrons. The second-order valence-corrected chi connectivity index (χ2v) is 13.5. The van der Waals surface area contributed by atoms with Gasteiger partial charge in [-0.1, -0.05) is 152 Å². The largest absolute Gasteiger partial charge is 0.455 e. The molecule has 0 spiro atoms. The van der Waals surface area contributed by atoms with Gasteiger partial charge in [0.15, 0.2) is 17.5 Å². The molecule has 2 aromatic heterocycles. The van der Waals surface area contributed by atoms with Crippen LogP contribution in [-0.2, 0) is 0 Å². The maximum absolute atomic E-state index is 6.46. The Morgan fingerprint density at radius 2 is 0.925 bits per heavy atom. The van der Waals surface area contributed by atoms with Crippen LogP contribution in [0.25, 0.3) is 110 Å². The fourth-order valence-electron chi connectivity index (χ4n) is 8.08. The summed E-state index contributed by atoms with van der Waals surface area (Å²) < 4.78 is 6.46. The minimum atomic E-state index is 0.568. The molecule has 2 heterocycles. The fourth-order valence-corrected chi connectivity index (χ4v) is 8.08. The maximum Gasteiger partial charge on any atom is 0.167 e. The van der Waals surface area contributed by atoms with Crippen LogP contribution in [0.4, 0.5) is 0 Å². The molecule has 0 aliphatic heterocycles. The van der Waals surface area contributed by atoms with Gasteiger partial charge in [-0.05, 0) is 78.5 Å². The standard InChI is InChI=1S/C49H29N3O/c1-2-14-31(15-3-1)47-50-48(52-49(51-47)42-23-12-22-40-37-21-10-11-24-44(37)53-46(40)42)41-28-27-38(35-19-8-9-20-36(35)41)45-34-18-7-5-16-32(34)29-43-33-17-6-4-13-30(33)25-26-39(43)45/h1-29H. The first kappa shape index (κ1) is 29.5. The summed E-state index contributed by atoms with van der Waals surface area (Å²) in [5, 5.41) is 11.7. The molecular weight excluding hydrogens is 647 g/mol. The monoisotopic (exact) mass is 675 g/mol. The average Bonchev–Trinajstić information content (AvgIpc) is 3.62. The predicted octanol–water partition coefficient (Wildman–Crippen LogP) is 13.1. The van der Waals surface area contributed by atoms with Crippen molar-refractivity contribution >= 4 is 65.0 Å². The van der Waals surface area contributed by atoms with E-state index < -0.39 is 0 Å². The van der Waals surface area contributed by atoms with Crippen molar-refractivity contribution in [3.63, 3.8) is 0 Å². The van der Waals surface area contributed by atoms with E-state index in [4.69, 9.17) is 19.4 Å². The van der Waals surface area contributed by atoms with Crippen molar-refractivity contribution in [3.05, 3.63) is 176 Å². The average molecular weight is 676 g/mol. The van der Waals surface area contributed by atoms with Gasteiger partial charge < -0.3 is 4.42 Å². The molecule has 4 nitrogen and oxygen atoms in total. The van der Waals surface area contributed by atoms with Gasteiger partial charge in [0.2, 0.25) is 0 Å². The lowest BCUT2D eigenvalue weighted by molar-refractivity contribution is 0.669. The zero-order chi connectivity index (χ0) is 34.9. The van der Waals surface area contributed by atoms with Crippen LogP contribution in [0.5, 0.6) is 0 Å². The number of hydrogen-bond donors (Lipinski definition) is 0. The van der Waals surface area contributed by atoms with Crippen LogP contribution in [-0.4, -0.2) is 15.0 Å². The van der Waals surface area contributed by atoms with E-state index in [0.29, 0.717) is 17.5 Å². The Labute approximate surface area is 304 Å². The number of para-hydroxylation sites is 2. The first-order valence-electron chi connectivity index (χ1n) is 17.9. The quantitative estimate of drug-likeness (QED) is 0.138. The summed E-state index contributed by atoms with van der Waals surface area (Å²) in [6.45, 7) is 0. The van der Waals surface area contributed by atoms with E-state index in [2.05, 4.69) is 115 Å². The molecule has 4 heteroatoms. The Hall–Kier alpha value is -7.17. The SMILES string of the molecule is c1ccc(-c2nc(-c3ccc(-c4c5ccccc5cc5c4ccc4ccccc45)c4ccccc34)nc(-c3cccc4c3oc3ccccc34)n2)cc1. The summed E-state index contributed by atoms with van der Waals surface area (Å²) in [7, 11) is 0. The molecule has 11 aromatic rings. The molecule has 0 saturated carbocycles. The highest BCUT2D eigenvalue weighted by molar-refractivity contribution is 6.23. The van der Waals surface area contributed by atoms with E-state index in [0.717, 1.165) is 49.4 Å². The van der Waals surface area contributed by atoms with Gasteiger partial charge in [0.05, 0.1) is 5.56 Å². The third kappa shape index (κ3) is 4.66. The highest BCUT2D eigenvalue weighted by atomic mass is 16.3. The summed E-state index contributed by atoms with van der Waals surface area (Å²) in [5.41, 5.74) is 6.69. The number of furan rings is 1. The van der Waals surface area contributed by atoms with Crippen molar-refractivity contribution in [2.45, 2.75) is 0 Å². The van der Waals surface area contributed by atoms with Gasteiger partial charge >= 0.3 is 0 Å². The maximum atomic E-state index is 6.46. The lowest BCUT2D eigenvalue weighted by atomic mass is 9.87. The molecule has 0 saturated heterocycles. The summed E-state index contributed by atoms with van der Waals surface area (Å²) in [4.78, 5) is 15.5. The lowest BCUT2D eigenvalue weighted by Crippen LogP contribution is -2.01. The molecule has 0 amide bonds. The van der Waals surface area contributed by atoms with E-state index in [1.165, 1.54) is 43.4 Å². The summed E-state index contributed by atoms with van der Waals surface area (Å²) in [6, 6.07) is 61.7. The van der Waals surface area contributed by atoms with E-state index in [-0.39, 0.29) is 0 Å². The van der Waals surface area contributed by atoms with Gasteiger partial charge in [-0.3, -0.25) is 0 Å². The van der Waals surface area contributed by atoms with Gasteiger partial charge in [-0.2, -0.15) is 0 Å². The van der Waals surface area contributed by atoms with Crippen LogP contribution < -0.4 is 0 Å². The van der Waals surface area contributed by atoms with E-state index >= 15 is 0 Å². The molecule has 0 aliphatic carbocycles. The third-order valence-electron chi connectivity index (χ3n) is 10.5. The van der Waals surface area contributed by atoms with Crippen molar-refractivity contribution in [2.75, 3.05) is 0 Å². The Balaban J connectivity index is 1.18. The fraction of sp³-hybridized carbons (Fsp3) is 0. The van der Waals surface area contributed by atoms with Crippen LogP contribution >= 0.6 is 0 Å². The number of hydrogen-bond acceptors (Lipinski definition) is 4. The Kier molecular flexibility index (Phi) is 6.52. The van der Waals surface area contributed by atoms with Crippen LogP contribution in [0.3, 0.4) is 0 Å². The zero-order valence-corrected chi connectivity index (χ0v) is 28.5. The van der Waals surface area contributed by atoms with Crippen LogP contribution in [0.15, 0.2) is 180 Å². The highest BCUT2D eigenvalue weighted by Crippen LogP contribution is 2.44. The van der Waals surface area contributed by atoms with Gasteiger partial charge in [-0.25, -0.2) is 15.0 Å². The number of nitrogens with zero attached hydrogens (tertiary/aromatic N) is 3. The molecular formula is C49H29N3O. The van der Waals surface area contributed by atoms with Crippen molar-refractivity contribution in [2.24, 2.45) is 0 Å². The first-order chi connectivity index (χ1) is 26.3. The smallest absolute Gasteiger partial charge is 0.167 e. The van der Waals surface area contributed by atoms with E-state index in [1.54, 1.807) is 0 Å². The van der Waals surface area contributed by atoms with Crippen LogP contribution in [0.2, 0.25) is 0 Å². The summed E-state index contributed by atoms with van der Waals surface area (Å²) in [5.74, 6) is 1.79. The highest BCUT2D eigenvalue weighted by Gasteiger charge is 2.20. The van der Waals surface area contributed by atoms with E-state index in [1.807, 2.05) is 60.7 Å². The topological polar surface area (TPSA) is 51.8 Å². The second-order valence-electron chi connectivity index (χ2n) is 13.5. The van der Waals surface area contributed by atoms with E-state index in [9.17, 15) is 0 Å². The number of aromatic nitrogens is 3. The van der Waals surface area contributed by atoms with Crippen molar-refractivity contribution < 1.29 is 4.42 Å². The lowest BCUT2D eigenvalue weighted by Gasteiger charge is -2.17. The molecule has 246 valence electrons. The predicted molar refractivity (Wildman–Crippen MR) is 219 cm³/mol. The Morgan fingerprint density at radius 3 is 1.75 bits per heavy atom. The second kappa shape index (κ2) is 11.7. The van der Waals surface area contributed by atoms with Crippen LogP contribution in [0.1, 0.15) is 0 Å². The molecule has 0 aliphatic rings. The molecule has 11 rings (SSSR count). The molecule has 0 unspecified atom stereocenters. The Morgan fingerprint density at radius 1 is 0.321 bits per heavy atom. The zero-order valence-electron chi connectivity index (χ0n) is 28.5. The van der Waals surface area contributed by atoms with Crippen LogP contribution in [0, 0.1) is 0 Å². The molecule has 53 heavy (non-hydrogen) atoms. The van der Waals surface area contributed by atoms with Gasteiger partial charge in [0.25, 0.3) is 0 Å². The number of fused-ring (bicyclic) bond motifs is 8. The Bertz CT molecular complexity index is 3240. The minimum absolute atomic E-state index is 0.568. The van der Waals surface area contributed by atoms with Gasteiger partial charge in [0.1, 0.15) is 11.2 Å². The normalized spacial score (nSPS) is 11.8. The number of benzene rings is 9. The van der Waals surface area contributed by atoms with Gasteiger partial charge in [-0.15, -0.1) is 0 Å². The molecule has 0 N–H and O–H groups in total. The third-order valence-corrected chi connectivity index (χ3v) is 10.5. The van der Waals surface area contributed by atoms with Crippen molar-refractivity contribution in [1.29, 1.82) is 0 Å². The summed E-state index contributed by atoms with van der Waals surface area (Å²) >= 11 is 0. The van der Waals surface area contributed by atoms with Gasteiger partial charge in [0, 0.05) is 21.9 Å². The van der Waals surface area contributed by atoms with Crippen molar-refractivity contribution in [1.82, 2.24) is 15.0 Å². The number of rotatable bonds is 4. The minimum Gasteiger partial charge on any atom is -0.455 e. The summed E-state index contributed by atoms with van der Waals surface area (Å²) in [6.07, 6.45) is 0. The molecule has 9 aromatic carbocycles. The molecule has 0 fully saturated rings. The molecule has 0 atom stereocenters. The molecule has 0 bridgehead atoms. The van der Waals surface area contributed by atoms with Crippen molar-refractivity contribution in [3.8, 4) is 45.3 Å². The first-order valence-corrected chi connectivity index (χ1v) is 17.9.